The molecule has 156 valence electrons. The Balaban J connectivity index is 1.95. The van der Waals surface area contributed by atoms with E-state index in [0.717, 1.165) is 5.56 Å². The normalized spacial score (nSPS) is 11.9. The molecular formula is C21H27N3O5. The van der Waals surface area contributed by atoms with Gasteiger partial charge in [-0.3, -0.25) is 4.79 Å². The van der Waals surface area contributed by atoms with Crippen LogP contribution in [0, 0.1) is 6.92 Å². The first-order chi connectivity index (χ1) is 13.6. The van der Waals surface area contributed by atoms with Crippen molar-refractivity contribution < 1.29 is 23.8 Å². The molecule has 0 saturated heterocycles. The molecule has 0 radical (unpaired) electrons. The number of hydrogen-bond donors (Lipinski definition) is 2. The number of amides is 2. The van der Waals surface area contributed by atoms with Gasteiger partial charge >= 0.3 is 6.09 Å². The van der Waals surface area contributed by atoms with Gasteiger partial charge in [0.05, 0.1) is 19.0 Å². The summed E-state index contributed by atoms with van der Waals surface area (Å²) >= 11 is 0. The predicted molar refractivity (Wildman–Crippen MR) is 110 cm³/mol. The van der Waals surface area contributed by atoms with Gasteiger partial charge in [0, 0.05) is 12.1 Å². The zero-order valence-electron chi connectivity index (χ0n) is 17.5. The summed E-state index contributed by atoms with van der Waals surface area (Å²) in [6, 6.07) is 8.04. The number of aromatic nitrogens is 1. The number of carbonyl (C=O) groups excluding carboxylic acids is 2. The molecule has 1 atom stereocenters. The van der Waals surface area contributed by atoms with E-state index in [0.29, 0.717) is 23.1 Å². The Bertz CT molecular complexity index is 860. The first-order valence-electron chi connectivity index (χ1n) is 9.16. The fraction of sp³-hybridized carbons (Fsp3) is 0.381. The zero-order chi connectivity index (χ0) is 21.6. The van der Waals surface area contributed by atoms with Crippen LogP contribution < -0.4 is 20.1 Å². The molecule has 1 aromatic heterocycles. The highest BCUT2D eigenvalue weighted by Gasteiger charge is 2.21. The molecular weight excluding hydrogens is 374 g/mol. The second-order valence-corrected chi connectivity index (χ2v) is 7.48. The number of alkyl carbamates (subject to hydrolysis) is 1. The molecule has 0 bridgehead atoms. The third-order valence-corrected chi connectivity index (χ3v) is 3.74. The molecule has 2 amide bonds. The number of ether oxygens (including phenoxy) is 3. The number of nitrogens with one attached hydrogen (secondary N) is 2. The fourth-order valence-corrected chi connectivity index (χ4v) is 2.25. The van der Waals surface area contributed by atoms with Crippen molar-refractivity contribution in [1.82, 2.24) is 10.3 Å². The van der Waals surface area contributed by atoms with Crippen molar-refractivity contribution in [3.63, 3.8) is 0 Å². The maximum Gasteiger partial charge on any atom is 0.408 e. The molecule has 0 aliphatic rings. The van der Waals surface area contributed by atoms with Crippen LogP contribution in [0.4, 0.5) is 10.5 Å². The first kappa shape index (κ1) is 22.0. The van der Waals surface area contributed by atoms with Crippen LogP contribution in [0.3, 0.4) is 0 Å². The Morgan fingerprint density at radius 3 is 2.45 bits per heavy atom. The Morgan fingerprint density at radius 2 is 1.86 bits per heavy atom. The van der Waals surface area contributed by atoms with Gasteiger partial charge < -0.3 is 24.8 Å². The van der Waals surface area contributed by atoms with E-state index in [9.17, 15) is 9.59 Å². The molecule has 29 heavy (non-hydrogen) atoms. The average molecular weight is 401 g/mol. The summed E-state index contributed by atoms with van der Waals surface area (Å²) in [7, 11) is 1.59. The lowest BCUT2D eigenvalue weighted by molar-refractivity contribution is -0.117. The van der Waals surface area contributed by atoms with Crippen LogP contribution >= 0.6 is 0 Å². The molecule has 0 aliphatic heterocycles. The molecule has 2 N–H and O–H groups in total. The lowest BCUT2D eigenvalue weighted by Crippen LogP contribution is -2.43. The number of carbonyl (C=O) groups is 2. The highest BCUT2D eigenvalue weighted by atomic mass is 16.6. The van der Waals surface area contributed by atoms with E-state index in [4.69, 9.17) is 14.2 Å². The first-order valence-corrected chi connectivity index (χ1v) is 9.16. The van der Waals surface area contributed by atoms with Crippen LogP contribution in [0.2, 0.25) is 0 Å². The summed E-state index contributed by atoms with van der Waals surface area (Å²) in [6.45, 7) is 8.73. The molecule has 0 fully saturated rings. The molecule has 0 spiro atoms. The van der Waals surface area contributed by atoms with Crippen LogP contribution in [0.5, 0.6) is 17.4 Å². The van der Waals surface area contributed by atoms with E-state index >= 15 is 0 Å². The van der Waals surface area contributed by atoms with Gasteiger partial charge in [-0.15, -0.1) is 0 Å². The number of aryl methyl sites for hydroxylation is 1. The number of methoxy groups -OCH3 is 1. The number of pyridine rings is 1. The van der Waals surface area contributed by atoms with Gasteiger partial charge in [-0.2, -0.15) is 0 Å². The van der Waals surface area contributed by atoms with Gasteiger partial charge in [-0.05, 0) is 52.3 Å². The number of benzene rings is 1. The van der Waals surface area contributed by atoms with Crippen molar-refractivity contribution in [3.05, 3.63) is 42.1 Å². The number of anilines is 1. The maximum atomic E-state index is 12.3. The highest BCUT2D eigenvalue weighted by Crippen LogP contribution is 2.28. The minimum Gasteiger partial charge on any atom is -0.497 e. The molecule has 0 saturated carbocycles. The molecule has 0 aliphatic carbocycles. The second-order valence-electron chi connectivity index (χ2n) is 7.48. The number of hydrogen-bond acceptors (Lipinski definition) is 6. The van der Waals surface area contributed by atoms with E-state index < -0.39 is 23.6 Å². The molecule has 1 heterocycles. The van der Waals surface area contributed by atoms with Gasteiger partial charge in [0.1, 0.15) is 23.1 Å². The molecule has 8 nitrogen and oxygen atoms in total. The summed E-state index contributed by atoms with van der Waals surface area (Å²) in [6.07, 6.45) is 0.818. The van der Waals surface area contributed by atoms with Crippen molar-refractivity contribution in [2.45, 2.75) is 46.3 Å². The largest absolute Gasteiger partial charge is 0.497 e. The van der Waals surface area contributed by atoms with Crippen LogP contribution in [0.15, 0.2) is 36.5 Å². The Labute approximate surface area is 170 Å². The zero-order valence-corrected chi connectivity index (χ0v) is 17.5. The van der Waals surface area contributed by atoms with Crippen LogP contribution in [0.1, 0.15) is 33.3 Å². The van der Waals surface area contributed by atoms with Crippen molar-refractivity contribution in [1.29, 1.82) is 0 Å². The Kier molecular flexibility index (Phi) is 7.03. The summed E-state index contributed by atoms with van der Waals surface area (Å²) in [5.41, 5.74) is 0.774. The van der Waals surface area contributed by atoms with Gasteiger partial charge in [0.2, 0.25) is 11.8 Å². The molecule has 2 rings (SSSR count). The standard InChI is InChI=1S/C21H27N3O5/c1-13-7-9-16(27-6)11-17(13)28-18-10-8-15(12-22-18)24-19(25)14(2)23-20(26)29-21(3,4)5/h7-12,14H,1-6H3,(H,23,26)(H,24,25)/t14-/m1/s1. The highest BCUT2D eigenvalue weighted by molar-refractivity contribution is 5.96. The van der Waals surface area contributed by atoms with E-state index in [1.807, 2.05) is 19.1 Å². The minimum absolute atomic E-state index is 0.374. The van der Waals surface area contributed by atoms with Crippen molar-refractivity contribution >= 4 is 17.7 Å². The maximum absolute atomic E-state index is 12.3. The lowest BCUT2D eigenvalue weighted by atomic mass is 10.2. The van der Waals surface area contributed by atoms with Crippen molar-refractivity contribution in [3.8, 4) is 17.4 Å². The summed E-state index contributed by atoms with van der Waals surface area (Å²) in [4.78, 5) is 28.2. The summed E-state index contributed by atoms with van der Waals surface area (Å²) in [5.74, 6) is 1.29. The molecule has 8 heteroatoms. The third kappa shape index (κ3) is 6.99. The Morgan fingerprint density at radius 1 is 1.14 bits per heavy atom. The van der Waals surface area contributed by atoms with Gasteiger partial charge in [-0.25, -0.2) is 9.78 Å². The van der Waals surface area contributed by atoms with Gasteiger partial charge in [0.15, 0.2) is 0 Å². The quantitative estimate of drug-likeness (QED) is 0.758. The van der Waals surface area contributed by atoms with Gasteiger partial charge in [0.25, 0.3) is 0 Å². The van der Waals surface area contributed by atoms with E-state index in [1.54, 1.807) is 53.0 Å². The number of nitrogens with zero attached hydrogens (tertiary/aromatic N) is 1. The van der Waals surface area contributed by atoms with E-state index in [-0.39, 0.29) is 0 Å². The van der Waals surface area contributed by atoms with Crippen LogP contribution in [-0.4, -0.2) is 35.7 Å². The van der Waals surface area contributed by atoms with Crippen LogP contribution in [-0.2, 0) is 9.53 Å². The molecule has 2 aromatic rings. The van der Waals surface area contributed by atoms with Crippen LogP contribution in [0.25, 0.3) is 0 Å². The second kappa shape index (κ2) is 9.27. The smallest absolute Gasteiger partial charge is 0.408 e. The van der Waals surface area contributed by atoms with Crippen molar-refractivity contribution in [2.24, 2.45) is 0 Å². The molecule has 1 aromatic carbocycles. The molecule has 0 unspecified atom stereocenters. The summed E-state index contributed by atoms with van der Waals surface area (Å²) < 4.78 is 16.1. The predicted octanol–water partition coefficient (Wildman–Crippen LogP) is 4.04. The fourth-order valence-electron chi connectivity index (χ4n) is 2.25. The number of rotatable bonds is 6. The van der Waals surface area contributed by atoms with E-state index in [2.05, 4.69) is 15.6 Å². The van der Waals surface area contributed by atoms with E-state index in [1.165, 1.54) is 6.20 Å². The average Bonchev–Trinajstić information content (AvgIpc) is 2.63. The SMILES string of the molecule is COc1ccc(C)c(Oc2ccc(NC(=O)[C@@H](C)NC(=O)OC(C)(C)C)cn2)c1. The monoisotopic (exact) mass is 401 g/mol. The lowest BCUT2D eigenvalue weighted by Gasteiger charge is -2.21. The summed E-state index contributed by atoms with van der Waals surface area (Å²) in [5, 5.41) is 5.17. The minimum atomic E-state index is -0.778. The third-order valence-electron chi connectivity index (χ3n) is 3.74. The topological polar surface area (TPSA) is 98.8 Å². The van der Waals surface area contributed by atoms with Gasteiger partial charge in [-0.1, -0.05) is 6.07 Å². The van der Waals surface area contributed by atoms with Crippen molar-refractivity contribution in [2.75, 3.05) is 12.4 Å². The Hall–Kier alpha value is -3.29.